The van der Waals surface area contributed by atoms with Gasteiger partial charge in [-0.1, -0.05) is 13.8 Å². The number of fused-ring (bicyclic) bond motifs is 4. The van der Waals surface area contributed by atoms with Crippen molar-refractivity contribution >= 4 is 49.4 Å². The number of ether oxygens (including phenoxy) is 3. The average Bonchev–Trinajstić information content (AvgIpc) is 3.69. The van der Waals surface area contributed by atoms with E-state index in [1.165, 1.54) is 12.1 Å². The second kappa shape index (κ2) is 11.8. The van der Waals surface area contributed by atoms with Gasteiger partial charge in [-0.3, -0.25) is 5.32 Å². The molecule has 2 aromatic heterocycles. The number of carbonyl (C=O) groups excluding carboxylic acids is 1. The van der Waals surface area contributed by atoms with Crippen LogP contribution in [0.25, 0.3) is 32.1 Å². The zero-order chi connectivity index (χ0) is 32.2. The van der Waals surface area contributed by atoms with E-state index in [1.807, 2.05) is 4.90 Å². The summed E-state index contributed by atoms with van der Waals surface area (Å²) >= 11 is 1.08. The van der Waals surface area contributed by atoms with Gasteiger partial charge in [-0.25, -0.2) is 23.5 Å². The predicted molar refractivity (Wildman–Crippen MR) is 168 cm³/mol. The summed E-state index contributed by atoms with van der Waals surface area (Å²) < 4.78 is 50.1. The summed E-state index contributed by atoms with van der Waals surface area (Å²) in [6, 6.07) is 5.11. The first-order chi connectivity index (χ1) is 21.4. The van der Waals surface area contributed by atoms with Crippen LogP contribution in [0.3, 0.4) is 0 Å². The van der Waals surface area contributed by atoms with Crippen LogP contribution in [0.1, 0.15) is 51.3 Å². The van der Waals surface area contributed by atoms with Crippen molar-refractivity contribution in [2.24, 2.45) is 0 Å². The van der Waals surface area contributed by atoms with Gasteiger partial charge in [0.25, 0.3) is 0 Å². The molecule has 2 aliphatic heterocycles. The third-order valence-corrected chi connectivity index (χ3v) is 8.94. The summed E-state index contributed by atoms with van der Waals surface area (Å²) in [4.78, 5) is 23.8. The molecule has 2 N–H and O–H groups in total. The van der Waals surface area contributed by atoms with E-state index in [0.29, 0.717) is 40.3 Å². The number of anilines is 2. The molecular weight excluding hydrogens is 602 g/mol. The fraction of sp³-hybridized carbons (Fsp3) is 0.438. The highest BCUT2D eigenvalue weighted by atomic mass is 32.1. The van der Waals surface area contributed by atoms with E-state index in [0.717, 1.165) is 11.3 Å². The Balaban J connectivity index is 1.51. The number of rotatable bonds is 6. The molecule has 0 saturated carbocycles. The monoisotopic (exact) mass is 636 g/mol. The maximum absolute atomic E-state index is 16.9. The molecule has 0 bridgehead atoms. The minimum absolute atomic E-state index is 0.0114. The Labute approximate surface area is 263 Å². The number of hydrogen-bond acceptors (Lipinski definition) is 10. The number of nitrogens with one attached hydrogen (secondary N) is 2. The van der Waals surface area contributed by atoms with Gasteiger partial charge in [0.1, 0.15) is 28.0 Å². The van der Waals surface area contributed by atoms with E-state index in [9.17, 15) is 10.1 Å². The van der Waals surface area contributed by atoms with Crippen molar-refractivity contribution in [2.45, 2.75) is 71.6 Å². The summed E-state index contributed by atoms with van der Waals surface area (Å²) in [5.74, 6) is -1.12. The van der Waals surface area contributed by atoms with Gasteiger partial charge in [-0.05, 0) is 44.0 Å². The van der Waals surface area contributed by atoms with Gasteiger partial charge in [0.15, 0.2) is 5.82 Å². The molecule has 2 aromatic carbocycles. The van der Waals surface area contributed by atoms with E-state index < -0.39 is 23.3 Å². The van der Waals surface area contributed by atoms with Crippen LogP contribution in [-0.2, 0) is 27.4 Å². The Kier molecular flexibility index (Phi) is 8.11. The van der Waals surface area contributed by atoms with Gasteiger partial charge in [-0.15, -0.1) is 11.3 Å². The largest absolute Gasteiger partial charge is 0.444 e. The Morgan fingerprint density at radius 1 is 1.20 bits per heavy atom. The molecule has 13 heteroatoms. The van der Waals surface area contributed by atoms with Crippen LogP contribution in [0.2, 0.25) is 0 Å². The molecule has 0 aliphatic carbocycles. The molecule has 1 fully saturated rings. The summed E-state index contributed by atoms with van der Waals surface area (Å²) in [6.45, 7) is 10.6. The molecule has 0 radical (unpaired) electrons. The second-order valence-electron chi connectivity index (χ2n) is 12.5. The van der Waals surface area contributed by atoms with E-state index >= 15 is 8.78 Å². The number of carbonyl (C=O) groups is 1. The summed E-state index contributed by atoms with van der Waals surface area (Å²) in [6.07, 6.45) is 0.721. The molecule has 2 atom stereocenters. The number of nitrogens with zero attached hydrogens (tertiary/aromatic N) is 4. The second-order valence-corrected chi connectivity index (χ2v) is 13.6. The number of amides is 1. The number of benzene rings is 2. The Morgan fingerprint density at radius 2 is 1.96 bits per heavy atom. The number of aromatic nitrogens is 2. The molecule has 1 amide bonds. The molecule has 1 saturated heterocycles. The minimum atomic E-state index is -0.772. The molecule has 6 rings (SSSR count). The summed E-state index contributed by atoms with van der Waals surface area (Å²) in [5, 5.41) is 17.2. The van der Waals surface area contributed by atoms with Gasteiger partial charge in [0.05, 0.1) is 30.9 Å². The fourth-order valence-electron chi connectivity index (χ4n) is 6.08. The van der Waals surface area contributed by atoms with Crippen molar-refractivity contribution in [3.8, 4) is 17.2 Å². The van der Waals surface area contributed by atoms with Crippen molar-refractivity contribution in [2.75, 3.05) is 30.4 Å². The third-order valence-electron chi connectivity index (χ3n) is 7.87. The van der Waals surface area contributed by atoms with Crippen molar-refractivity contribution in [1.82, 2.24) is 15.3 Å². The van der Waals surface area contributed by atoms with Crippen LogP contribution in [0.15, 0.2) is 18.3 Å². The van der Waals surface area contributed by atoms with Gasteiger partial charge in [0.2, 0.25) is 5.95 Å². The fourth-order valence-corrected chi connectivity index (χ4v) is 7.13. The van der Waals surface area contributed by atoms with Crippen molar-refractivity contribution < 1.29 is 27.8 Å². The first kappa shape index (κ1) is 31.0. The topological polar surface area (TPSA) is 122 Å². The molecule has 0 spiro atoms. The third kappa shape index (κ3) is 5.68. The Hall–Kier alpha value is -3.96. The standard InChI is InChI=1S/C32H34F2N6O4S/c1-15(2)37-21-11-40(12-22(21)42-6)30-36-10-17-18-13-43-14-19(18)25(27(34)28(17)38-30)26-20(33)7-8-23-24(26)16(9-35)29(45-23)39-31(41)44-32(3,4)5/h7-8,10,15,21-22,37H,11-14H2,1-6H3,(H,39,41)/t21-,22-/m1/s1. The number of methoxy groups -OCH3 is 1. The smallest absolute Gasteiger partial charge is 0.412 e. The van der Waals surface area contributed by atoms with Crippen LogP contribution < -0.4 is 15.5 Å². The number of thiophene rings is 1. The molecule has 2 aliphatic rings. The molecule has 10 nitrogen and oxygen atoms in total. The highest BCUT2D eigenvalue weighted by Gasteiger charge is 2.36. The zero-order valence-corrected chi connectivity index (χ0v) is 26.7. The van der Waals surface area contributed by atoms with Crippen molar-refractivity contribution in [1.29, 1.82) is 5.26 Å². The van der Waals surface area contributed by atoms with Crippen molar-refractivity contribution in [3.05, 3.63) is 46.7 Å². The maximum atomic E-state index is 16.9. The van der Waals surface area contributed by atoms with Crippen LogP contribution in [-0.4, -0.2) is 60.0 Å². The van der Waals surface area contributed by atoms with Gasteiger partial charge < -0.3 is 24.4 Å². The molecule has 45 heavy (non-hydrogen) atoms. The van der Waals surface area contributed by atoms with Gasteiger partial charge in [-0.2, -0.15) is 5.26 Å². The molecule has 0 unspecified atom stereocenters. The van der Waals surface area contributed by atoms with E-state index in [1.54, 1.807) is 34.1 Å². The predicted octanol–water partition coefficient (Wildman–Crippen LogP) is 6.24. The van der Waals surface area contributed by atoms with Crippen LogP contribution in [0.4, 0.5) is 24.5 Å². The first-order valence-corrected chi connectivity index (χ1v) is 15.5. The Morgan fingerprint density at radius 3 is 2.64 bits per heavy atom. The molecule has 4 heterocycles. The lowest BCUT2D eigenvalue weighted by Gasteiger charge is -2.20. The Bertz CT molecular complexity index is 1870. The minimum Gasteiger partial charge on any atom is -0.444 e. The lowest BCUT2D eigenvalue weighted by atomic mass is 9.90. The van der Waals surface area contributed by atoms with Crippen LogP contribution in [0, 0.1) is 23.0 Å². The van der Waals surface area contributed by atoms with Crippen LogP contribution >= 0.6 is 11.3 Å². The van der Waals surface area contributed by atoms with Gasteiger partial charge >= 0.3 is 6.09 Å². The zero-order valence-electron chi connectivity index (χ0n) is 25.9. The first-order valence-electron chi connectivity index (χ1n) is 14.7. The average molecular weight is 637 g/mol. The normalized spacial score (nSPS) is 18.2. The summed E-state index contributed by atoms with van der Waals surface area (Å²) in [5.41, 5.74) is 0.313. The maximum Gasteiger partial charge on any atom is 0.412 e. The molecule has 4 aromatic rings. The van der Waals surface area contributed by atoms with Crippen LogP contribution in [0.5, 0.6) is 0 Å². The molecular formula is C32H34F2N6O4S. The number of nitriles is 1. The SMILES string of the molecule is CO[C@@H]1CN(c2ncc3c4c(c(-c5c(F)ccc6sc(NC(=O)OC(C)(C)C)c(C#N)c56)c(F)c3n2)COC4)C[C@H]1NC(C)C. The van der Waals surface area contributed by atoms with E-state index in [-0.39, 0.29) is 64.0 Å². The number of halogens is 2. The van der Waals surface area contributed by atoms with Gasteiger partial charge in [0, 0.05) is 59.0 Å². The highest BCUT2D eigenvalue weighted by Crippen LogP contribution is 2.47. The van der Waals surface area contributed by atoms with Crippen molar-refractivity contribution in [3.63, 3.8) is 0 Å². The van der Waals surface area contributed by atoms with E-state index in [2.05, 4.69) is 40.5 Å². The molecule has 236 valence electrons. The summed E-state index contributed by atoms with van der Waals surface area (Å²) in [7, 11) is 1.66. The number of hydrogen-bond donors (Lipinski definition) is 2. The quantitative estimate of drug-likeness (QED) is 0.253. The highest BCUT2D eigenvalue weighted by molar-refractivity contribution is 7.23. The lowest BCUT2D eigenvalue weighted by molar-refractivity contribution is 0.0636. The lowest BCUT2D eigenvalue weighted by Crippen LogP contribution is -2.43. The van der Waals surface area contributed by atoms with E-state index in [4.69, 9.17) is 14.2 Å².